The summed E-state index contributed by atoms with van der Waals surface area (Å²) in [6.07, 6.45) is 5.84. The lowest BCUT2D eigenvalue weighted by Crippen LogP contribution is -2.35. The molecule has 0 aromatic heterocycles. The van der Waals surface area contributed by atoms with Crippen LogP contribution >= 0.6 is 11.8 Å². The van der Waals surface area contributed by atoms with E-state index < -0.39 is 5.60 Å². The molecular formula is C13H25NOS. The summed E-state index contributed by atoms with van der Waals surface area (Å²) in [4.78, 5) is 0. The molecule has 0 aliphatic heterocycles. The molecule has 2 N–H and O–H groups in total. The van der Waals surface area contributed by atoms with Gasteiger partial charge >= 0.3 is 0 Å². The molecule has 2 fully saturated rings. The number of thioether (sulfide) groups is 1. The van der Waals surface area contributed by atoms with Crippen molar-refractivity contribution in [3.63, 3.8) is 0 Å². The highest BCUT2D eigenvalue weighted by molar-refractivity contribution is 7.99. The van der Waals surface area contributed by atoms with Crippen molar-refractivity contribution < 1.29 is 5.11 Å². The van der Waals surface area contributed by atoms with Crippen molar-refractivity contribution in [2.75, 3.05) is 18.1 Å². The van der Waals surface area contributed by atoms with Gasteiger partial charge in [0.1, 0.15) is 0 Å². The summed E-state index contributed by atoms with van der Waals surface area (Å²) in [7, 11) is 0. The molecule has 94 valence electrons. The van der Waals surface area contributed by atoms with Gasteiger partial charge in [0.2, 0.25) is 0 Å². The fourth-order valence-corrected chi connectivity index (χ4v) is 4.04. The lowest BCUT2D eigenvalue weighted by Gasteiger charge is -2.23. The van der Waals surface area contributed by atoms with E-state index in [4.69, 9.17) is 0 Å². The predicted molar refractivity (Wildman–Crippen MR) is 70.9 cm³/mol. The Morgan fingerprint density at radius 3 is 2.69 bits per heavy atom. The average Bonchev–Trinajstić information content (AvgIpc) is 2.76. The summed E-state index contributed by atoms with van der Waals surface area (Å²) < 4.78 is 0. The van der Waals surface area contributed by atoms with Crippen molar-refractivity contribution in [1.82, 2.24) is 5.32 Å². The molecule has 0 radical (unpaired) electrons. The quantitative estimate of drug-likeness (QED) is 0.702. The molecule has 0 aromatic rings. The summed E-state index contributed by atoms with van der Waals surface area (Å²) in [5.41, 5.74) is -0.517. The minimum atomic E-state index is -0.517. The standard InChI is InChI=1S/C13H25NOS/c1-13(2,15)9-16-6-5-14-12-8-10-3-4-11(12)7-10/h10-12,14-15H,3-9H2,1-2H3. The second-order valence-corrected chi connectivity index (χ2v) is 7.21. The molecule has 0 heterocycles. The minimum Gasteiger partial charge on any atom is -0.390 e. The van der Waals surface area contributed by atoms with Gasteiger partial charge in [-0.25, -0.2) is 0 Å². The molecule has 2 nitrogen and oxygen atoms in total. The molecule has 2 saturated carbocycles. The smallest absolute Gasteiger partial charge is 0.0681 e. The van der Waals surface area contributed by atoms with E-state index in [2.05, 4.69) is 5.32 Å². The molecule has 0 saturated heterocycles. The predicted octanol–water partition coefficient (Wildman–Crippen LogP) is 2.27. The Bertz CT molecular complexity index is 226. The molecule has 0 aromatic carbocycles. The number of aliphatic hydroxyl groups is 1. The average molecular weight is 243 g/mol. The van der Waals surface area contributed by atoms with Gasteiger partial charge in [0, 0.05) is 24.1 Å². The Morgan fingerprint density at radius 1 is 1.31 bits per heavy atom. The van der Waals surface area contributed by atoms with E-state index in [1.165, 1.54) is 25.7 Å². The molecule has 2 aliphatic carbocycles. The summed E-state index contributed by atoms with van der Waals surface area (Å²) in [5, 5.41) is 13.3. The largest absolute Gasteiger partial charge is 0.390 e. The van der Waals surface area contributed by atoms with Crippen LogP contribution in [0.15, 0.2) is 0 Å². The van der Waals surface area contributed by atoms with Crippen LogP contribution in [0.25, 0.3) is 0 Å². The lowest BCUT2D eigenvalue weighted by atomic mass is 9.95. The zero-order valence-electron chi connectivity index (χ0n) is 10.5. The molecule has 2 rings (SSSR count). The van der Waals surface area contributed by atoms with E-state index in [1.54, 1.807) is 0 Å². The summed E-state index contributed by atoms with van der Waals surface area (Å²) >= 11 is 1.85. The Morgan fingerprint density at radius 2 is 2.12 bits per heavy atom. The first-order chi connectivity index (χ1) is 7.54. The Kier molecular flexibility index (Phi) is 4.20. The molecule has 2 bridgehead atoms. The second kappa shape index (κ2) is 5.28. The van der Waals surface area contributed by atoms with Gasteiger partial charge in [-0.05, 0) is 44.9 Å². The van der Waals surface area contributed by atoms with Gasteiger partial charge in [0.25, 0.3) is 0 Å². The van der Waals surface area contributed by atoms with Crippen LogP contribution in [-0.4, -0.2) is 34.8 Å². The van der Waals surface area contributed by atoms with Crippen molar-refractivity contribution in [2.24, 2.45) is 11.8 Å². The van der Waals surface area contributed by atoms with Gasteiger partial charge in [-0.15, -0.1) is 0 Å². The second-order valence-electron chi connectivity index (χ2n) is 6.10. The van der Waals surface area contributed by atoms with Gasteiger partial charge in [-0.3, -0.25) is 0 Å². The molecule has 3 atom stereocenters. The first kappa shape index (κ1) is 12.7. The van der Waals surface area contributed by atoms with Gasteiger partial charge < -0.3 is 10.4 Å². The van der Waals surface area contributed by atoms with Gasteiger partial charge in [-0.1, -0.05) is 6.42 Å². The molecule has 2 aliphatic rings. The fourth-order valence-electron chi connectivity index (χ4n) is 3.13. The van der Waals surface area contributed by atoms with Crippen LogP contribution in [0.3, 0.4) is 0 Å². The number of rotatable bonds is 6. The van der Waals surface area contributed by atoms with Crippen molar-refractivity contribution in [3.8, 4) is 0 Å². The van der Waals surface area contributed by atoms with Crippen molar-refractivity contribution in [1.29, 1.82) is 0 Å². The SMILES string of the molecule is CC(C)(O)CSCCNC1CC2CCC1C2. The van der Waals surface area contributed by atoms with Crippen LogP contribution in [0.1, 0.15) is 39.5 Å². The highest BCUT2D eigenvalue weighted by Crippen LogP contribution is 2.44. The first-order valence-electron chi connectivity index (χ1n) is 6.58. The molecule has 0 spiro atoms. The van der Waals surface area contributed by atoms with Crippen LogP contribution in [-0.2, 0) is 0 Å². The van der Waals surface area contributed by atoms with Crippen LogP contribution in [0, 0.1) is 11.8 Å². The van der Waals surface area contributed by atoms with E-state index in [-0.39, 0.29) is 0 Å². The minimum absolute atomic E-state index is 0.517. The van der Waals surface area contributed by atoms with Crippen LogP contribution in [0.4, 0.5) is 0 Å². The third kappa shape index (κ3) is 3.64. The highest BCUT2D eigenvalue weighted by atomic mass is 32.2. The number of fused-ring (bicyclic) bond motifs is 2. The zero-order chi connectivity index (χ0) is 11.6. The molecular weight excluding hydrogens is 218 g/mol. The van der Waals surface area contributed by atoms with Crippen molar-refractivity contribution in [3.05, 3.63) is 0 Å². The van der Waals surface area contributed by atoms with E-state index in [9.17, 15) is 5.11 Å². The maximum absolute atomic E-state index is 9.57. The molecule has 16 heavy (non-hydrogen) atoms. The van der Waals surface area contributed by atoms with Crippen LogP contribution < -0.4 is 5.32 Å². The number of hydrogen-bond donors (Lipinski definition) is 2. The third-order valence-corrected chi connectivity index (χ3v) is 5.25. The summed E-state index contributed by atoms with van der Waals surface area (Å²) in [6.45, 7) is 4.86. The van der Waals surface area contributed by atoms with E-state index in [1.807, 2.05) is 25.6 Å². The molecule has 3 heteroatoms. The number of hydrogen-bond acceptors (Lipinski definition) is 3. The zero-order valence-corrected chi connectivity index (χ0v) is 11.4. The Labute approximate surface area is 104 Å². The van der Waals surface area contributed by atoms with Gasteiger partial charge in [0.15, 0.2) is 0 Å². The van der Waals surface area contributed by atoms with Crippen LogP contribution in [0.5, 0.6) is 0 Å². The van der Waals surface area contributed by atoms with E-state index in [0.29, 0.717) is 0 Å². The van der Waals surface area contributed by atoms with Gasteiger partial charge in [0.05, 0.1) is 5.60 Å². The van der Waals surface area contributed by atoms with E-state index >= 15 is 0 Å². The summed E-state index contributed by atoms with van der Waals surface area (Å²) in [5.74, 6) is 3.97. The molecule has 0 amide bonds. The lowest BCUT2D eigenvalue weighted by molar-refractivity contribution is 0.107. The monoisotopic (exact) mass is 243 g/mol. The summed E-state index contributed by atoms with van der Waals surface area (Å²) in [6, 6.07) is 0.807. The van der Waals surface area contributed by atoms with E-state index in [0.717, 1.165) is 35.9 Å². The third-order valence-electron chi connectivity index (χ3n) is 3.85. The number of nitrogens with one attached hydrogen (secondary N) is 1. The Hall–Kier alpha value is 0.270. The normalized spacial score (nSPS) is 33.6. The maximum atomic E-state index is 9.57. The topological polar surface area (TPSA) is 32.3 Å². The first-order valence-corrected chi connectivity index (χ1v) is 7.73. The highest BCUT2D eigenvalue weighted by Gasteiger charge is 2.38. The van der Waals surface area contributed by atoms with Crippen molar-refractivity contribution in [2.45, 2.75) is 51.2 Å². The molecule has 3 unspecified atom stereocenters. The fraction of sp³-hybridized carbons (Fsp3) is 1.00. The van der Waals surface area contributed by atoms with Crippen LogP contribution in [0.2, 0.25) is 0 Å². The van der Waals surface area contributed by atoms with Gasteiger partial charge in [-0.2, -0.15) is 11.8 Å². The Balaban J connectivity index is 1.52. The van der Waals surface area contributed by atoms with Crippen molar-refractivity contribution >= 4 is 11.8 Å². The maximum Gasteiger partial charge on any atom is 0.0681 e.